The van der Waals surface area contributed by atoms with Gasteiger partial charge >= 0.3 is 0 Å². The lowest BCUT2D eigenvalue weighted by Crippen LogP contribution is -2.11. The van der Waals surface area contributed by atoms with E-state index in [1.807, 2.05) is 0 Å². The van der Waals surface area contributed by atoms with Gasteiger partial charge in [-0.2, -0.15) is 4.98 Å². The third-order valence-electron chi connectivity index (χ3n) is 2.89. The molecule has 1 aliphatic carbocycles. The zero-order valence-electron chi connectivity index (χ0n) is 8.54. The summed E-state index contributed by atoms with van der Waals surface area (Å²) in [7, 11) is 0. The van der Waals surface area contributed by atoms with Gasteiger partial charge in [-0.05, 0) is 19.3 Å². The van der Waals surface area contributed by atoms with E-state index in [2.05, 4.69) is 15.1 Å². The Bertz CT molecular complexity index is 468. The highest BCUT2D eigenvalue weighted by molar-refractivity contribution is 7.13. The smallest absolute Gasteiger partial charge is 0.232 e. The molecule has 2 heterocycles. The Balaban J connectivity index is 1.88. The molecule has 1 N–H and O–H groups in total. The van der Waals surface area contributed by atoms with Crippen LogP contribution in [0, 0.1) is 0 Å². The van der Waals surface area contributed by atoms with Crippen LogP contribution in [0.5, 0.6) is 0 Å². The highest BCUT2D eigenvalue weighted by atomic mass is 32.1. The van der Waals surface area contributed by atoms with Crippen molar-refractivity contribution in [3.63, 3.8) is 0 Å². The Kier molecular flexibility index (Phi) is 2.45. The molecule has 0 aliphatic heterocycles. The van der Waals surface area contributed by atoms with E-state index in [0.29, 0.717) is 11.7 Å². The molecule has 6 heteroatoms. The first-order chi connectivity index (χ1) is 7.84. The van der Waals surface area contributed by atoms with Crippen LogP contribution in [0.25, 0.3) is 10.7 Å². The topological polar surface area (TPSA) is 72.0 Å². The van der Waals surface area contributed by atoms with Crippen LogP contribution in [-0.4, -0.2) is 26.3 Å². The Labute approximate surface area is 96.1 Å². The van der Waals surface area contributed by atoms with E-state index in [1.165, 1.54) is 11.3 Å². The number of aliphatic hydroxyl groups is 1. The lowest BCUT2D eigenvalue weighted by Gasteiger charge is -2.07. The quantitative estimate of drug-likeness (QED) is 0.862. The number of rotatable bonds is 2. The third kappa shape index (κ3) is 1.64. The van der Waals surface area contributed by atoms with Crippen LogP contribution in [-0.2, 0) is 0 Å². The highest BCUT2D eigenvalue weighted by Crippen LogP contribution is 2.34. The fourth-order valence-electron chi connectivity index (χ4n) is 2.04. The maximum atomic E-state index is 9.74. The Morgan fingerprint density at radius 2 is 2.38 bits per heavy atom. The van der Waals surface area contributed by atoms with Crippen molar-refractivity contribution in [2.24, 2.45) is 0 Å². The van der Waals surface area contributed by atoms with Gasteiger partial charge in [0.2, 0.25) is 11.7 Å². The molecule has 1 saturated carbocycles. The van der Waals surface area contributed by atoms with Crippen molar-refractivity contribution in [1.29, 1.82) is 0 Å². The molecule has 2 aromatic heterocycles. The molecular formula is C10H11N3O2S. The summed E-state index contributed by atoms with van der Waals surface area (Å²) in [6, 6.07) is 0. The molecule has 1 aliphatic rings. The Hall–Kier alpha value is -1.27. The van der Waals surface area contributed by atoms with Crippen LogP contribution in [0.4, 0.5) is 0 Å². The number of hydrogen-bond donors (Lipinski definition) is 1. The van der Waals surface area contributed by atoms with Crippen molar-refractivity contribution in [3.05, 3.63) is 17.6 Å². The van der Waals surface area contributed by atoms with Gasteiger partial charge in [0.05, 0.1) is 22.4 Å². The average molecular weight is 237 g/mol. The fourth-order valence-corrected chi connectivity index (χ4v) is 2.59. The van der Waals surface area contributed by atoms with Gasteiger partial charge in [-0.25, -0.2) is 0 Å². The first-order valence-corrected chi connectivity index (χ1v) is 6.13. The molecule has 0 saturated heterocycles. The largest absolute Gasteiger partial charge is 0.392 e. The van der Waals surface area contributed by atoms with Gasteiger partial charge in [0.1, 0.15) is 0 Å². The lowest BCUT2D eigenvalue weighted by atomic mass is 10.1. The van der Waals surface area contributed by atoms with Gasteiger partial charge in [0.25, 0.3) is 0 Å². The van der Waals surface area contributed by atoms with E-state index in [1.54, 1.807) is 11.7 Å². The van der Waals surface area contributed by atoms with Crippen molar-refractivity contribution in [3.8, 4) is 10.7 Å². The van der Waals surface area contributed by atoms with Gasteiger partial charge in [-0.3, -0.25) is 4.98 Å². The van der Waals surface area contributed by atoms with Crippen molar-refractivity contribution in [1.82, 2.24) is 15.1 Å². The molecule has 2 unspecified atom stereocenters. The van der Waals surface area contributed by atoms with Gasteiger partial charge in [-0.15, -0.1) is 11.3 Å². The van der Waals surface area contributed by atoms with Crippen LogP contribution in [0.1, 0.15) is 31.1 Å². The van der Waals surface area contributed by atoms with E-state index in [-0.39, 0.29) is 12.0 Å². The molecule has 84 valence electrons. The fraction of sp³-hybridized carbons (Fsp3) is 0.500. The lowest BCUT2D eigenvalue weighted by molar-refractivity contribution is 0.148. The molecule has 1 fully saturated rings. The predicted octanol–water partition coefficient (Wildman–Crippen LogP) is 1.82. The molecular weight excluding hydrogens is 226 g/mol. The SMILES string of the molecule is OC1CCCC1c1nc(-c2cncs2)no1. The molecule has 2 aromatic rings. The molecule has 16 heavy (non-hydrogen) atoms. The highest BCUT2D eigenvalue weighted by Gasteiger charge is 2.31. The maximum Gasteiger partial charge on any atom is 0.232 e. The van der Waals surface area contributed by atoms with Crippen molar-refractivity contribution < 1.29 is 9.63 Å². The van der Waals surface area contributed by atoms with Crippen molar-refractivity contribution >= 4 is 11.3 Å². The minimum Gasteiger partial charge on any atom is -0.392 e. The van der Waals surface area contributed by atoms with E-state index >= 15 is 0 Å². The summed E-state index contributed by atoms with van der Waals surface area (Å²) in [4.78, 5) is 9.18. The summed E-state index contributed by atoms with van der Waals surface area (Å²) in [6.45, 7) is 0. The minimum absolute atomic E-state index is 0.00849. The number of thiazole rings is 1. The maximum absolute atomic E-state index is 9.74. The summed E-state index contributed by atoms with van der Waals surface area (Å²) >= 11 is 1.47. The van der Waals surface area contributed by atoms with Crippen LogP contribution in [0.2, 0.25) is 0 Å². The normalized spacial score (nSPS) is 25.1. The summed E-state index contributed by atoms with van der Waals surface area (Å²) in [6.07, 6.45) is 4.14. The van der Waals surface area contributed by atoms with Crippen LogP contribution < -0.4 is 0 Å². The molecule has 0 aromatic carbocycles. The number of nitrogens with zero attached hydrogens (tertiary/aromatic N) is 3. The third-order valence-corrected chi connectivity index (χ3v) is 3.66. The monoisotopic (exact) mass is 237 g/mol. The van der Waals surface area contributed by atoms with Crippen LogP contribution >= 0.6 is 11.3 Å². The zero-order chi connectivity index (χ0) is 11.0. The van der Waals surface area contributed by atoms with Crippen molar-refractivity contribution in [2.75, 3.05) is 0 Å². The number of hydrogen-bond acceptors (Lipinski definition) is 6. The second-order valence-corrected chi connectivity index (χ2v) is 4.81. The Morgan fingerprint density at radius 1 is 1.44 bits per heavy atom. The minimum atomic E-state index is -0.338. The standard InChI is InChI=1S/C10H11N3O2S/c14-7-3-1-2-6(7)10-12-9(13-15-10)8-4-11-5-16-8/h4-7,14H,1-3H2. The molecule has 0 amide bonds. The summed E-state index contributed by atoms with van der Waals surface area (Å²) in [5.74, 6) is 1.12. The van der Waals surface area contributed by atoms with Gasteiger partial charge in [0, 0.05) is 6.20 Å². The van der Waals surface area contributed by atoms with Crippen LogP contribution in [0.15, 0.2) is 16.2 Å². The van der Waals surface area contributed by atoms with Crippen LogP contribution in [0.3, 0.4) is 0 Å². The molecule has 2 atom stereocenters. The first-order valence-electron chi connectivity index (χ1n) is 5.25. The van der Waals surface area contributed by atoms with Gasteiger partial charge in [-0.1, -0.05) is 5.16 Å². The molecule has 0 spiro atoms. The summed E-state index contributed by atoms with van der Waals surface area (Å²) in [5.41, 5.74) is 1.73. The number of aliphatic hydroxyl groups excluding tert-OH is 1. The van der Waals surface area contributed by atoms with E-state index < -0.39 is 0 Å². The second-order valence-electron chi connectivity index (χ2n) is 3.93. The zero-order valence-corrected chi connectivity index (χ0v) is 9.35. The van der Waals surface area contributed by atoms with Gasteiger partial charge in [0.15, 0.2) is 0 Å². The Morgan fingerprint density at radius 3 is 3.06 bits per heavy atom. The predicted molar refractivity (Wildman–Crippen MR) is 58.0 cm³/mol. The molecule has 0 radical (unpaired) electrons. The average Bonchev–Trinajstić information content (AvgIpc) is 2.96. The van der Waals surface area contributed by atoms with E-state index in [9.17, 15) is 5.11 Å². The molecule has 5 nitrogen and oxygen atoms in total. The first kappa shape index (κ1) is 9.92. The van der Waals surface area contributed by atoms with Gasteiger partial charge < -0.3 is 9.63 Å². The number of aromatic nitrogens is 3. The van der Waals surface area contributed by atoms with E-state index in [0.717, 1.165) is 24.1 Å². The second kappa shape index (κ2) is 3.95. The molecule has 0 bridgehead atoms. The summed E-state index contributed by atoms with van der Waals surface area (Å²) < 4.78 is 5.20. The molecule has 3 rings (SSSR count). The summed E-state index contributed by atoms with van der Waals surface area (Å²) in [5, 5.41) is 13.7. The van der Waals surface area contributed by atoms with Crippen molar-refractivity contribution in [2.45, 2.75) is 31.3 Å². The van der Waals surface area contributed by atoms with E-state index in [4.69, 9.17) is 4.52 Å².